The lowest BCUT2D eigenvalue weighted by molar-refractivity contribution is 0.265. The Labute approximate surface area is 201 Å². The zero-order valence-electron chi connectivity index (χ0n) is 18.9. The first-order chi connectivity index (χ1) is 15.8. The van der Waals surface area contributed by atoms with E-state index in [0.717, 1.165) is 10.5 Å². The summed E-state index contributed by atoms with van der Waals surface area (Å²) >= 11 is 7.45. The smallest absolute Gasteiger partial charge is 0.267 e. The number of nitrogens with one attached hydrogen (secondary N) is 2. The molecule has 9 heteroatoms. The van der Waals surface area contributed by atoms with Crippen molar-refractivity contribution in [2.75, 3.05) is 6.54 Å². The average Bonchev–Trinajstić information content (AvgIpc) is 2.79. The number of pyridine rings is 1. The summed E-state index contributed by atoms with van der Waals surface area (Å²) in [6.45, 7) is 8.42. The highest BCUT2D eigenvalue weighted by Crippen LogP contribution is 2.24. The summed E-state index contributed by atoms with van der Waals surface area (Å²) in [5, 5.41) is 14.1. The van der Waals surface area contributed by atoms with Crippen LogP contribution < -0.4 is 27.2 Å². The van der Waals surface area contributed by atoms with Crippen molar-refractivity contribution in [3.63, 3.8) is 0 Å². The fourth-order valence-corrected chi connectivity index (χ4v) is 4.81. The maximum Gasteiger partial charge on any atom is 0.267 e. The molecule has 7 nitrogen and oxygen atoms in total. The first kappa shape index (κ1) is 23.3. The van der Waals surface area contributed by atoms with Crippen molar-refractivity contribution in [3.8, 4) is 0 Å². The number of fused-ring (bicyclic) bond motifs is 1. The summed E-state index contributed by atoms with van der Waals surface area (Å²) in [6, 6.07) is 11.3. The van der Waals surface area contributed by atoms with Gasteiger partial charge in [0.2, 0.25) is 5.62 Å². The molecule has 4 rings (SSSR count). The van der Waals surface area contributed by atoms with Gasteiger partial charge in [0.05, 0.1) is 5.03 Å². The van der Waals surface area contributed by atoms with E-state index in [1.165, 1.54) is 11.8 Å². The highest BCUT2D eigenvalue weighted by atomic mass is 35.5. The first-order valence-corrected chi connectivity index (χ1v) is 12.0. The van der Waals surface area contributed by atoms with Crippen LogP contribution in [-0.2, 0) is 19.6 Å². The van der Waals surface area contributed by atoms with Crippen LogP contribution in [0, 0.1) is 10.8 Å². The molecule has 1 aliphatic rings. The van der Waals surface area contributed by atoms with E-state index in [1.807, 2.05) is 47.9 Å². The minimum absolute atomic E-state index is 0.0875. The molecule has 2 N–H and O–H groups in total. The van der Waals surface area contributed by atoms with Crippen molar-refractivity contribution in [1.82, 2.24) is 19.4 Å². The third kappa shape index (κ3) is 5.07. The Balaban J connectivity index is 1.93. The van der Waals surface area contributed by atoms with E-state index in [2.05, 4.69) is 29.1 Å². The second-order valence-electron chi connectivity index (χ2n) is 8.73. The van der Waals surface area contributed by atoms with Gasteiger partial charge in [-0.1, -0.05) is 49.3 Å². The average molecular weight is 483 g/mol. The Kier molecular flexibility index (Phi) is 6.76. The van der Waals surface area contributed by atoms with E-state index in [9.17, 15) is 4.79 Å². The minimum Gasteiger partial charge on any atom is -0.375 e. The quantitative estimate of drug-likeness (QED) is 0.528. The Morgan fingerprint density at radius 3 is 2.58 bits per heavy atom. The second kappa shape index (κ2) is 9.57. The molecule has 2 aromatic heterocycles. The van der Waals surface area contributed by atoms with Gasteiger partial charge in [-0.05, 0) is 36.8 Å². The van der Waals surface area contributed by atoms with E-state index in [1.54, 1.807) is 17.0 Å². The summed E-state index contributed by atoms with van der Waals surface area (Å²) in [7, 11) is 0. The zero-order valence-corrected chi connectivity index (χ0v) is 20.5. The predicted octanol–water partition coefficient (Wildman–Crippen LogP) is 2.50. The van der Waals surface area contributed by atoms with E-state index in [4.69, 9.17) is 17.0 Å². The van der Waals surface area contributed by atoms with Crippen LogP contribution in [0.4, 0.5) is 0 Å². The number of benzene rings is 1. The van der Waals surface area contributed by atoms with Crippen molar-refractivity contribution in [1.29, 1.82) is 5.41 Å². The molecule has 0 amide bonds. The van der Waals surface area contributed by atoms with E-state index < -0.39 is 0 Å². The normalized spacial score (nSPS) is 15.4. The minimum atomic E-state index is -0.211. The van der Waals surface area contributed by atoms with Crippen LogP contribution in [0.1, 0.15) is 26.3 Å². The van der Waals surface area contributed by atoms with Crippen LogP contribution in [0.5, 0.6) is 0 Å². The van der Waals surface area contributed by atoms with Gasteiger partial charge in [0.1, 0.15) is 10.7 Å². The molecule has 0 saturated heterocycles. The van der Waals surface area contributed by atoms with Gasteiger partial charge < -0.3 is 5.32 Å². The molecule has 0 atom stereocenters. The number of thioether (sulfide) groups is 1. The number of halogens is 1. The van der Waals surface area contributed by atoms with Gasteiger partial charge in [0.15, 0.2) is 0 Å². The van der Waals surface area contributed by atoms with E-state index >= 15 is 0 Å². The Morgan fingerprint density at radius 1 is 1.21 bits per heavy atom. The molecule has 3 aromatic rings. The van der Waals surface area contributed by atoms with E-state index in [0.29, 0.717) is 47.1 Å². The van der Waals surface area contributed by atoms with Gasteiger partial charge in [-0.2, -0.15) is 0 Å². The molecule has 0 saturated carbocycles. The molecule has 0 unspecified atom stereocenters. The zero-order chi connectivity index (χ0) is 23.6. The Morgan fingerprint density at radius 2 is 1.91 bits per heavy atom. The topological polar surface area (TPSA) is 88.1 Å². The van der Waals surface area contributed by atoms with Crippen LogP contribution in [0.3, 0.4) is 0 Å². The summed E-state index contributed by atoms with van der Waals surface area (Å²) < 4.78 is 3.53. The van der Waals surface area contributed by atoms with Crippen LogP contribution >= 0.6 is 23.4 Å². The predicted molar refractivity (Wildman–Crippen MR) is 131 cm³/mol. The Hall–Kier alpha value is -2.84. The standard InChI is InChI=1S/C24H27ClN6OS/c1-4-30-22(32)19(20(26)31-15-24(2,3)14-29-23(30)31)21(33-18-9-11-27-12-10-18)28-13-16-5-7-17(25)8-6-16/h5-12,26,28H,4,13-15H2,1-3H3. The van der Waals surface area contributed by atoms with Gasteiger partial charge in [0.25, 0.3) is 5.56 Å². The van der Waals surface area contributed by atoms with Crippen molar-refractivity contribution < 1.29 is 0 Å². The number of hydrogen-bond donors (Lipinski definition) is 2. The molecule has 1 aromatic carbocycles. The molecular formula is C24H27ClN6OS. The Bertz CT molecular complexity index is 1390. The highest BCUT2D eigenvalue weighted by Gasteiger charge is 2.25. The van der Waals surface area contributed by atoms with Gasteiger partial charge in [-0.15, -0.1) is 0 Å². The summed E-state index contributed by atoms with van der Waals surface area (Å²) in [5.41, 5.74) is 1.47. The van der Waals surface area contributed by atoms with Gasteiger partial charge >= 0.3 is 0 Å². The van der Waals surface area contributed by atoms with E-state index in [-0.39, 0.29) is 16.5 Å². The summed E-state index contributed by atoms with van der Waals surface area (Å²) in [4.78, 5) is 23.3. The number of hydrogen-bond acceptors (Lipinski definition) is 6. The van der Waals surface area contributed by atoms with Crippen LogP contribution in [0.2, 0.25) is 5.02 Å². The molecule has 0 bridgehead atoms. The van der Waals surface area contributed by atoms with Crippen LogP contribution in [0.15, 0.2) is 63.5 Å². The molecular weight excluding hydrogens is 456 g/mol. The molecule has 0 radical (unpaired) electrons. The lowest BCUT2D eigenvalue weighted by Crippen LogP contribution is -2.62. The van der Waals surface area contributed by atoms with Gasteiger partial charge in [0, 0.05) is 53.9 Å². The number of rotatable bonds is 6. The maximum atomic E-state index is 13.6. The number of nitrogens with zero attached hydrogens (tertiary/aromatic N) is 4. The van der Waals surface area contributed by atoms with Crippen molar-refractivity contribution in [2.24, 2.45) is 10.4 Å². The number of aromatic nitrogens is 3. The van der Waals surface area contributed by atoms with Crippen molar-refractivity contribution >= 4 is 28.4 Å². The molecule has 172 valence electrons. The van der Waals surface area contributed by atoms with Gasteiger partial charge in [-0.25, -0.2) is 0 Å². The lowest BCUT2D eigenvalue weighted by atomic mass is 9.93. The largest absolute Gasteiger partial charge is 0.375 e. The second-order valence-corrected chi connectivity index (χ2v) is 10.3. The molecule has 3 heterocycles. The highest BCUT2D eigenvalue weighted by molar-refractivity contribution is 8.07. The molecule has 0 aliphatic carbocycles. The fraction of sp³-hybridized carbons (Fsp3) is 0.333. The van der Waals surface area contributed by atoms with Crippen molar-refractivity contribution in [2.45, 2.75) is 45.3 Å². The van der Waals surface area contributed by atoms with Crippen LogP contribution in [0.25, 0.3) is 5.03 Å². The van der Waals surface area contributed by atoms with Crippen LogP contribution in [-0.4, -0.2) is 20.7 Å². The first-order valence-electron chi connectivity index (χ1n) is 10.8. The maximum absolute atomic E-state index is 13.6. The monoisotopic (exact) mass is 482 g/mol. The van der Waals surface area contributed by atoms with Gasteiger partial charge in [-0.3, -0.25) is 29.3 Å². The SMILES string of the molecule is CCn1c(=O)c(=C(NCc2ccc(Cl)cc2)Sc2ccncc2)c(=N)n2c1=NCC(C)(C)C2. The summed E-state index contributed by atoms with van der Waals surface area (Å²) in [6.07, 6.45) is 3.43. The third-order valence-corrected chi connectivity index (χ3v) is 6.77. The third-order valence-electron chi connectivity index (χ3n) is 5.46. The molecule has 33 heavy (non-hydrogen) atoms. The lowest BCUT2D eigenvalue weighted by Gasteiger charge is -2.29. The molecule has 0 spiro atoms. The molecule has 1 aliphatic heterocycles. The molecule has 0 fully saturated rings. The van der Waals surface area contributed by atoms with Crippen molar-refractivity contribution in [3.05, 3.63) is 86.1 Å². The fourth-order valence-electron chi connectivity index (χ4n) is 3.76. The summed E-state index contributed by atoms with van der Waals surface area (Å²) in [5.74, 6) is 0.